The Morgan fingerprint density at radius 1 is 0.966 bits per heavy atom. The van der Waals surface area contributed by atoms with E-state index in [1.54, 1.807) is 33.8 Å². The van der Waals surface area contributed by atoms with Crippen LogP contribution in [0.1, 0.15) is 24.2 Å². The second-order valence-corrected chi connectivity index (χ2v) is 6.26. The molecule has 0 fully saturated rings. The van der Waals surface area contributed by atoms with Gasteiger partial charge in [0.25, 0.3) is 5.91 Å². The molecule has 1 aromatic heterocycles. The maximum atomic E-state index is 12.3. The van der Waals surface area contributed by atoms with Gasteiger partial charge < -0.3 is 15.5 Å². The highest BCUT2D eigenvalue weighted by Gasteiger charge is 2.12. The molecule has 2 N–H and O–H groups in total. The Kier molecular flexibility index (Phi) is 6.51. The summed E-state index contributed by atoms with van der Waals surface area (Å²) in [5.74, 6) is -0.197. The summed E-state index contributed by atoms with van der Waals surface area (Å²) in [6, 6.07) is 14.3. The van der Waals surface area contributed by atoms with E-state index in [9.17, 15) is 9.59 Å². The number of tetrazole rings is 1. The minimum absolute atomic E-state index is 0.0142. The Hall–Kier alpha value is -3.75. The lowest BCUT2D eigenvalue weighted by atomic mass is 10.1. The number of nitrogens with zero attached hydrogens (tertiary/aromatic N) is 5. The lowest BCUT2D eigenvalue weighted by Crippen LogP contribution is -2.30. The fourth-order valence-corrected chi connectivity index (χ4v) is 2.79. The van der Waals surface area contributed by atoms with Crippen LogP contribution in [0, 0.1) is 0 Å². The van der Waals surface area contributed by atoms with E-state index in [4.69, 9.17) is 0 Å². The Labute approximate surface area is 168 Å². The smallest absolute Gasteiger partial charge is 0.253 e. The molecule has 0 aliphatic rings. The summed E-state index contributed by atoms with van der Waals surface area (Å²) in [7, 11) is 0. The number of amides is 2. The third-order valence-corrected chi connectivity index (χ3v) is 4.40. The van der Waals surface area contributed by atoms with E-state index in [0.717, 1.165) is 11.4 Å². The number of benzene rings is 2. The van der Waals surface area contributed by atoms with Gasteiger partial charge in [0.15, 0.2) is 0 Å². The van der Waals surface area contributed by atoms with E-state index in [1.807, 2.05) is 38.1 Å². The fraction of sp³-hybridized carbons (Fsp3) is 0.250. The Morgan fingerprint density at radius 2 is 1.62 bits per heavy atom. The summed E-state index contributed by atoms with van der Waals surface area (Å²) in [5, 5.41) is 16.9. The number of hydrogen-bond donors (Lipinski definition) is 2. The number of nitrogens with one attached hydrogen (secondary N) is 2. The van der Waals surface area contributed by atoms with Crippen molar-refractivity contribution in [2.45, 2.75) is 13.8 Å². The zero-order valence-corrected chi connectivity index (χ0v) is 16.4. The van der Waals surface area contributed by atoms with Crippen LogP contribution in [0.3, 0.4) is 0 Å². The largest absolute Gasteiger partial charge is 0.376 e. The van der Waals surface area contributed by atoms with Crippen LogP contribution in [-0.4, -0.2) is 56.6 Å². The molecule has 0 radical (unpaired) electrons. The van der Waals surface area contributed by atoms with Crippen LogP contribution < -0.4 is 10.6 Å². The zero-order chi connectivity index (χ0) is 20.6. The summed E-state index contributed by atoms with van der Waals surface area (Å²) >= 11 is 0. The van der Waals surface area contributed by atoms with Gasteiger partial charge in [0, 0.05) is 30.0 Å². The van der Waals surface area contributed by atoms with Gasteiger partial charge in [-0.3, -0.25) is 9.59 Å². The summed E-state index contributed by atoms with van der Waals surface area (Å²) in [6.07, 6.45) is 1.51. The van der Waals surface area contributed by atoms with E-state index >= 15 is 0 Å². The van der Waals surface area contributed by atoms with Gasteiger partial charge in [-0.15, -0.1) is 5.10 Å². The van der Waals surface area contributed by atoms with E-state index in [1.165, 1.54) is 6.33 Å². The van der Waals surface area contributed by atoms with Crippen LogP contribution in [-0.2, 0) is 4.79 Å². The van der Waals surface area contributed by atoms with Crippen molar-refractivity contribution in [3.8, 4) is 5.69 Å². The molecule has 0 bridgehead atoms. The quantitative estimate of drug-likeness (QED) is 0.608. The minimum atomic E-state index is -0.183. The van der Waals surface area contributed by atoms with E-state index < -0.39 is 0 Å². The first-order chi connectivity index (χ1) is 14.1. The zero-order valence-electron chi connectivity index (χ0n) is 16.4. The third kappa shape index (κ3) is 5.16. The normalized spacial score (nSPS) is 10.4. The van der Waals surface area contributed by atoms with Crippen LogP contribution in [0.4, 0.5) is 11.4 Å². The van der Waals surface area contributed by atoms with Crippen molar-refractivity contribution in [3.05, 3.63) is 60.4 Å². The molecule has 0 aliphatic carbocycles. The molecule has 2 amide bonds. The van der Waals surface area contributed by atoms with Crippen LogP contribution in [0.25, 0.3) is 5.69 Å². The standard InChI is InChI=1S/C20H23N7O2/c1-3-26(4-2)20(29)15-5-7-17(8-6-15)23-19(28)13-21-16-9-11-18(12-10-16)27-14-22-24-25-27/h5-12,14,21H,3-4,13H2,1-2H3,(H,23,28). The van der Waals surface area contributed by atoms with Crippen molar-refractivity contribution in [1.29, 1.82) is 0 Å². The van der Waals surface area contributed by atoms with Gasteiger partial charge >= 0.3 is 0 Å². The number of anilines is 2. The lowest BCUT2D eigenvalue weighted by Gasteiger charge is -2.18. The molecule has 1 heterocycles. The summed E-state index contributed by atoms with van der Waals surface area (Å²) in [6.45, 7) is 5.33. The van der Waals surface area contributed by atoms with E-state index in [-0.39, 0.29) is 18.4 Å². The summed E-state index contributed by atoms with van der Waals surface area (Å²) < 4.78 is 1.55. The molecule has 3 rings (SSSR count). The first kappa shape index (κ1) is 20.0. The van der Waals surface area contributed by atoms with Crippen molar-refractivity contribution in [1.82, 2.24) is 25.1 Å². The molecule has 0 spiro atoms. The predicted octanol–water partition coefficient (Wildman–Crippen LogP) is 2.19. The molecule has 9 heteroatoms. The molecule has 29 heavy (non-hydrogen) atoms. The fourth-order valence-electron chi connectivity index (χ4n) is 2.79. The van der Waals surface area contributed by atoms with Crippen molar-refractivity contribution >= 4 is 23.2 Å². The van der Waals surface area contributed by atoms with Crippen LogP contribution in [0.2, 0.25) is 0 Å². The average Bonchev–Trinajstić information content (AvgIpc) is 3.29. The van der Waals surface area contributed by atoms with Gasteiger partial charge in [-0.25, -0.2) is 4.68 Å². The van der Waals surface area contributed by atoms with Crippen molar-refractivity contribution in [2.75, 3.05) is 30.3 Å². The molecule has 0 saturated heterocycles. The van der Waals surface area contributed by atoms with Crippen molar-refractivity contribution in [2.24, 2.45) is 0 Å². The summed E-state index contributed by atoms with van der Waals surface area (Å²) in [5.41, 5.74) is 2.87. The summed E-state index contributed by atoms with van der Waals surface area (Å²) in [4.78, 5) is 26.2. The average molecular weight is 393 g/mol. The van der Waals surface area contributed by atoms with Gasteiger partial charge in [0.1, 0.15) is 6.33 Å². The predicted molar refractivity (Wildman–Crippen MR) is 110 cm³/mol. The number of hydrogen-bond acceptors (Lipinski definition) is 6. The minimum Gasteiger partial charge on any atom is -0.376 e. The first-order valence-electron chi connectivity index (χ1n) is 9.37. The topological polar surface area (TPSA) is 105 Å². The van der Waals surface area contributed by atoms with Crippen molar-refractivity contribution in [3.63, 3.8) is 0 Å². The number of carbonyl (C=O) groups excluding carboxylic acids is 2. The monoisotopic (exact) mass is 393 g/mol. The molecule has 3 aromatic rings. The van der Waals surface area contributed by atoms with E-state index in [2.05, 4.69) is 26.2 Å². The molecular weight excluding hydrogens is 370 g/mol. The Morgan fingerprint density at radius 3 is 2.21 bits per heavy atom. The van der Waals surface area contributed by atoms with Crippen LogP contribution in [0.15, 0.2) is 54.9 Å². The number of rotatable bonds is 8. The highest BCUT2D eigenvalue weighted by molar-refractivity contribution is 5.96. The molecule has 9 nitrogen and oxygen atoms in total. The number of carbonyl (C=O) groups is 2. The van der Waals surface area contributed by atoms with E-state index in [0.29, 0.717) is 24.3 Å². The highest BCUT2D eigenvalue weighted by Crippen LogP contribution is 2.13. The highest BCUT2D eigenvalue weighted by atomic mass is 16.2. The Bertz CT molecular complexity index is 934. The first-order valence-corrected chi connectivity index (χ1v) is 9.37. The second-order valence-electron chi connectivity index (χ2n) is 6.26. The maximum absolute atomic E-state index is 12.3. The van der Waals surface area contributed by atoms with Gasteiger partial charge in [0.05, 0.1) is 12.2 Å². The Balaban J connectivity index is 1.51. The van der Waals surface area contributed by atoms with Crippen LogP contribution in [0.5, 0.6) is 0 Å². The number of aromatic nitrogens is 4. The van der Waals surface area contributed by atoms with Gasteiger partial charge in [-0.05, 0) is 72.8 Å². The molecular formula is C20H23N7O2. The SMILES string of the molecule is CCN(CC)C(=O)c1ccc(NC(=O)CNc2ccc(-n3cnnn3)cc2)cc1. The lowest BCUT2D eigenvalue weighted by molar-refractivity contribution is -0.114. The van der Waals surface area contributed by atoms with Gasteiger partial charge in [-0.1, -0.05) is 0 Å². The van der Waals surface area contributed by atoms with Gasteiger partial charge in [0.2, 0.25) is 5.91 Å². The molecule has 2 aromatic carbocycles. The molecule has 150 valence electrons. The molecule has 0 unspecified atom stereocenters. The van der Waals surface area contributed by atoms with Crippen molar-refractivity contribution < 1.29 is 9.59 Å². The molecule has 0 atom stereocenters. The molecule has 0 saturated carbocycles. The molecule has 0 aliphatic heterocycles. The van der Waals surface area contributed by atoms with Crippen LogP contribution >= 0.6 is 0 Å². The third-order valence-electron chi connectivity index (χ3n) is 4.40. The van der Waals surface area contributed by atoms with Gasteiger partial charge in [-0.2, -0.15) is 0 Å². The second kappa shape index (κ2) is 9.45. The maximum Gasteiger partial charge on any atom is 0.253 e.